The van der Waals surface area contributed by atoms with Crippen LogP contribution in [0.1, 0.15) is 37.1 Å². The van der Waals surface area contributed by atoms with Gasteiger partial charge in [0, 0.05) is 12.3 Å². The van der Waals surface area contributed by atoms with Crippen LogP contribution in [0.5, 0.6) is 0 Å². The second-order valence-electron chi connectivity index (χ2n) is 8.34. The molecule has 2 atom stereocenters. The third-order valence-electron chi connectivity index (χ3n) is 4.44. The van der Waals surface area contributed by atoms with E-state index in [1.54, 1.807) is 20.8 Å². The van der Waals surface area contributed by atoms with Gasteiger partial charge in [0.25, 0.3) is 0 Å². The van der Waals surface area contributed by atoms with Gasteiger partial charge in [-0.05, 0) is 31.9 Å². The average molecular weight is 489 g/mol. The molecule has 2 aromatic rings. The predicted octanol–water partition coefficient (Wildman–Crippen LogP) is 4.45. The standard InChI is InChI=1S/C25H32N2O6S/c1-25(2,3)33-23(29)26-15-16-34-21(19-13-9-6-10-14-19)20(22(28)31-4)27-24(30)32-17-18-11-7-5-8-12-18/h5-14,20-21H,15-17H2,1-4H3,(H,26,29)(H,27,30). The summed E-state index contributed by atoms with van der Waals surface area (Å²) >= 11 is 1.40. The van der Waals surface area contributed by atoms with E-state index in [2.05, 4.69) is 10.6 Å². The summed E-state index contributed by atoms with van der Waals surface area (Å²) in [5.41, 5.74) is 1.06. The molecule has 0 aliphatic carbocycles. The first kappa shape index (κ1) is 27.0. The van der Waals surface area contributed by atoms with Gasteiger partial charge in [-0.25, -0.2) is 14.4 Å². The molecule has 8 nitrogen and oxygen atoms in total. The SMILES string of the molecule is COC(=O)C(NC(=O)OCc1ccccc1)C(SCCNC(=O)OC(C)(C)C)c1ccccc1. The summed E-state index contributed by atoms with van der Waals surface area (Å²) in [6.45, 7) is 5.75. The molecule has 2 N–H and O–H groups in total. The van der Waals surface area contributed by atoms with E-state index in [0.29, 0.717) is 12.3 Å². The Labute approximate surface area is 204 Å². The van der Waals surface area contributed by atoms with Crippen LogP contribution in [-0.2, 0) is 25.6 Å². The summed E-state index contributed by atoms with van der Waals surface area (Å²) in [7, 11) is 1.27. The summed E-state index contributed by atoms with van der Waals surface area (Å²) in [5.74, 6) is -0.134. The van der Waals surface area contributed by atoms with Crippen molar-refractivity contribution in [1.29, 1.82) is 0 Å². The van der Waals surface area contributed by atoms with Gasteiger partial charge in [-0.2, -0.15) is 0 Å². The van der Waals surface area contributed by atoms with Gasteiger partial charge in [0.1, 0.15) is 18.2 Å². The zero-order valence-corrected chi connectivity index (χ0v) is 20.7. The number of thioether (sulfide) groups is 1. The molecule has 0 spiro atoms. The van der Waals surface area contributed by atoms with Crippen molar-refractivity contribution in [3.8, 4) is 0 Å². The van der Waals surface area contributed by atoms with Gasteiger partial charge in [-0.15, -0.1) is 11.8 Å². The van der Waals surface area contributed by atoms with Gasteiger partial charge in [0.05, 0.1) is 12.4 Å². The fourth-order valence-electron chi connectivity index (χ4n) is 2.96. The van der Waals surface area contributed by atoms with Crippen molar-refractivity contribution in [2.75, 3.05) is 19.4 Å². The Balaban J connectivity index is 2.05. The lowest BCUT2D eigenvalue weighted by molar-refractivity contribution is -0.143. The normalized spacial score (nSPS) is 12.7. The molecule has 34 heavy (non-hydrogen) atoms. The van der Waals surface area contributed by atoms with Gasteiger partial charge in [0.15, 0.2) is 0 Å². The molecule has 0 fully saturated rings. The summed E-state index contributed by atoms with van der Waals surface area (Å²) in [6, 6.07) is 17.5. The quantitative estimate of drug-likeness (QED) is 0.289. The molecule has 0 aromatic heterocycles. The Bertz CT molecular complexity index is 918. The molecule has 0 saturated carbocycles. The largest absolute Gasteiger partial charge is 0.467 e. The van der Waals surface area contributed by atoms with E-state index >= 15 is 0 Å². The van der Waals surface area contributed by atoms with E-state index in [1.807, 2.05) is 60.7 Å². The van der Waals surface area contributed by atoms with Gasteiger partial charge < -0.3 is 24.8 Å². The van der Waals surface area contributed by atoms with Crippen LogP contribution in [-0.4, -0.2) is 49.2 Å². The number of nitrogens with one attached hydrogen (secondary N) is 2. The molecule has 9 heteroatoms. The molecule has 0 heterocycles. The number of hydrogen-bond donors (Lipinski definition) is 2. The molecule has 0 bridgehead atoms. The molecule has 0 aliphatic heterocycles. The highest BCUT2D eigenvalue weighted by atomic mass is 32.2. The molecule has 184 valence electrons. The Kier molecular flexibility index (Phi) is 10.7. The Morgan fingerprint density at radius 2 is 1.56 bits per heavy atom. The highest BCUT2D eigenvalue weighted by molar-refractivity contribution is 7.99. The first-order chi connectivity index (χ1) is 16.2. The van der Waals surface area contributed by atoms with Crippen molar-refractivity contribution < 1.29 is 28.6 Å². The lowest BCUT2D eigenvalue weighted by Gasteiger charge is -2.26. The van der Waals surface area contributed by atoms with Crippen LogP contribution in [0.3, 0.4) is 0 Å². The zero-order valence-electron chi connectivity index (χ0n) is 19.9. The number of rotatable bonds is 10. The van der Waals surface area contributed by atoms with Gasteiger partial charge in [-0.3, -0.25) is 0 Å². The molecule has 0 aliphatic rings. The van der Waals surface area contributed by atoms with Crippen molar-refractivity contribution in [2.24, 2.45) is 0 Å². The topological polar surface area (TPSA) is 103 Å². The minimum atomic E-state index is -0.998. The van der Waals surface area contributed by atoms with Crippen molar-refractivity contribution in [3.63, 3.8) is 0 Å². The fraction of sp³-hybridized carbons (Fsp3) is 0.400. The van der Waals surface area contributed by atoms with E-state index in [1.165, 1.54) is 18.9 Å². The molecule has 2 unspecified atom stereocenters. The van der Waals surface area contributed by atoms with Crippen molar-refractivity contribution in [1.82, 2.24) is 10.6 Å². The second-order valence-corrected chi connectivity index (χ2v) is 9.59. The Hall–Kier alpha value is -3.20. The van der Waals surface area contributed by atoms with Crippen LogP contribution in [0.25, 0.3) is 0 Å². The van der Waals surface area contributed by atoms with Gasteiger partial charge in [-0.1, -0.05) is 60.7 Å². The van der Waals surface area contributed by atoms with Gasteiger partial charge >= 0.3 is 18.2 Å². The number of ether oxygens (including phenoxy) is 3. The number of carbonyl (C=O) groups excluding carboxylic acids is 3. The molecule has 2 amide bonds. The van der Waals surface area contributed by atoms with Crippen LogP contribution in [0.15, 0.2) is 60.7 Å². The van der Waals surface area contributed by atoms with Crippen LogP contribution in [0.4, 0.5) is 9.59 Å². The van der Waals surface area contributed by atoms with Crippen LogP contribution in [0.2, 0.25) is 0 Å². The molecular formula is C25H32N2O6S. The first-order valence-electron chi connectivity index (χ1n) is 10.9. The number of carbonyl (C=O) groups is 3. The molecule has 2 rings (SSSR count). The predicted molar refractivity (Wildman–Crippen MR) is 131 cm³/mol. The number of amides is 2. The van der Waals surface area contributed by atoms with E-state index in [0.717, 1.165) is 11.1 Å². The monoisotopic (exact) mass is 488 g/mol. The van der Waals surface area contributed by atoms with Crippen molar-refractivity contribution in [2.45, 2.75) is 44.3 Å². The Morgan fingerprint density at radius 3 is 2.15 bits per heavy atom. The van der Waals surface area contributed by atoms with E-state index < -0.39 is 35.0 Å². The van der Waals surface area contributed by atoms with Crippen molar-refractivity contribution >= 4 is 29.9 Å². The summed E-state index contributed by atoms with van der Waals surface area (Å²) in [5, 5.41) is 4.87. The maximum atomic E-state index is 12.6. The molecule has 0 saturated heterocycles. The minimum Gasteiger partial charge on any atom is -0.467 e. The summed E-state index contributed by atoms with van der Waals surface area (Å²) < 4.78 is 15.5. The highest BCUT2D eigenvalue weighted by Gasteiger charge is 2.33. The Morgan fingerprint density at radius 1 is 0.941 bits per heavy atom. The third kappa shape index (κ3) is 9.74. The molecule has 2 aromatic carbocycles. The second kappa shape index (κ2) is 13.5. The average Bonchev–Trinajstić information content (AvgIpc) is 2.81. The van der Waals surface area contributed by atoms with Crippen LogP contribution in [0, 0.1) is 0 Å². The number of alkyl carbamates (subject to hydrolysis) is 2. The lowest BCUT2D eigenvalue weighted by Crippen LogP contribution is -2.45. The van der Waals surface area contributed by atoms with Crippen molar-refractivity contribution in [3.05, 3.63) is 71.8 Å². The van der Waals surface area contributed by atoms with Gasteiger partial charge in [0.2, 0.25) is 0 Å². The lowest BCUT2D eigenvalue weighted by atomic mass is 10.1. The maximum Gasteiger partial charge on any atom is 0.408 e. The maximum absolute atomic E-state index is 12.6. The smallest absolute Gasteiger partial charge is 0.408 e. The van der Waals surface area contributed by atoms with Crippen LogP contribution < -0.4 is 10.6 Å². The number of methoxy groups -OCH3 is 1. The summed E-state index contributed by atoms with van der Waals surface area (Å²) in [4.78, 5) is 37.1. The summed E-state index contributed by atoms with van der Waals surface area (Å²) in [6.07, 6.45) is -1.25. The fourth-order valence-corrected chi connectivity index (χ4v) is 4.15. The number of esters is 1. The van der Waals surface area contributed by atoms with E-state index in [-0.39, 0.29) is 6.61 Å². The molecule has 0 radical (unpaired) electrons. The minimum absolute atomic E-state index is 0.0729. The number of benzene rings is 2. The highest BCUT2D eigenvalue weighted by Crippen LogP contribution is 2.32. The van der Waals surface area contributed by atoms with E-state index in [9.17, 15) is 14.4 Å². The first-order valence-corrected chi connectivity index (χ1v) is 11.9. The molecular weight excluding hydrogens is 456 g/mol. The third-order valence-corrected chi connectivity index (χ3v) is 5.78. The zero-order chi connectivity index (χ0) is 25.0. The van der Waals surface area contributed by atoms with E-state index in [4.69, 9.17) is 14.2 Å². The van der Waals surface area contributed by atoms with Crippen LogP contribution >= 0.6 is 11.8 Å². The number of hydrogen-bond acceptors (Lipinski definition) is 7.